The van der Waals surface area contributed by atoms with E-state index in [9.17, 15) is 9.59 Å². The van der Waals surface area contributed by atoms with Crippen LogP contribution in [0.5, 0.6) is 0 Å². The molecule has 2 heterocycles. The van der Waals surface area contributed by atoms with Crippen LogP contribution in [0.15, 0.2) is 18.2 Å². The summed E-state index contributed by atoms with van der Waals surface area (Å²) in [5.41, 5.74) is 3.63. The van der Waals surface area contributed by atoms with Crippen molar-refractivity contribution in [2.75, 3.05) is 46.9 Å². The van der Waals surface area contributed by atoms with Gasteiger partial charge in [-0.1, -0.05) is 24.6 Å². The van der Waals surface area contributed by atoms with Crippen LogP contribution in [0.2, 0.25) is 5.02 Å². The molecule has 0 bridgehead atoms. The standard InChI is InChI=1S/C27H37ClN4O3/c1-5-14-35-27(34)31-12-13-32(18(2)17-31)26(33)20-7-9-22-24(16-20)29-23-15-19(10-11-30(3)4)6-8-21(23)25(22)28/h7,9,16,18-19H,5-6,8,10-15,17H2,1-4H3. The van der Waals surface area contributed by atoms with E-state index in [2.05, 4.69) is 19.0 Å². The lowest BCUT2D eigenvalue weighted by molar-refractivity contribution is 0.0414. The van der Waals surface area contributed by atoms with Crippen LogP contribution in [0.1, 0.15) is 54.7 Å². The van der Waals surface area contributed by atoms with E-state index in [0.717, 1.165) is 60.3 Å². The molecule has 7 nitrogen and oxygen atoms in total. The zero-order chi connectivity index (χ0) is 25.1. The zero-order valence-electron chi connectivity index (χ0n) is 21.3. The van der Waals surface area contributed by atoms with E-state index in [1.54, 1.807) is 4.90 Å². The average Bonchev–Trinajstić information content (AvgIpc) is 2.85. The zero-order valence-corrected chi connectivity index (χ0v) is 22.1. The number of hydrogen-bond donors (Lipinski definition) is 0. The summed E-state index contributed by atoms with van der Waals surface area (Å²) in [5, 5.41) is 1.69. The summed E-state index contributed by atoms with van der Waals surface area (Å²) in [6.07, 6.45) is 4.67. The normalized spacial score (nSPS) is 20.3. The van der Waals surface area contributed by atoms with Gasteiger partial charge in [0.2, 0.25) is 0 Å². The highest BCUT2D eigenvalue weighted by Gasteiger charge is 2.31. The smallest absolute Gasteiger partial charge is 0.409 e. The number of ether oxygens (including phenoxy) is 1. The van der Waals surface area contributed by atoms with Crippen LogP contribution in [0, 0.1) is 5.92 Å². The molecule has 2 aliphatic rings. The molecule has 2 atom stereocenters. The number of aromatic nitrogens is 1. The highest BCUT2D eigenvalue weighted by atomic mass is 35.5. The van der Waals surface area contributed by atoms with Crippen molar-refractivity contribution in [3.63, 3.8) is 0 Å². The monoisotopic (exact) mass is 500 g/mol. The largest absolute Gasteiger partial charge is 0.449 e. The maximum absolute atomic E-state index is 13.4. The Labute approximate surface area is 213 Å². The molecule has 8 heteroatoms. The molecule has 35 heavy (non-hydrogen) atoms. The second-order valence-corrected chi connectivity index (χ2v) is 10.6. The minimum Gasteiger partial charge on any atom is -0.449 e. The van der Waals surface area contributed by atoms with E-state index in [1.165, 1.54) is 5.56 Å². The number of carbonyl (C=O) groups excluding carboxylic acids is 2. The van der Waals surface area contributed by atoms with Gasteiger partial charge in [-0.15, -0.1) is 0 Å². The SMILES string of the molecule is CCCOC(=O)N1CCN(C(=O)c2ccc3c(Cl)c4c(nc3c2)CC(CCN(C)C)CC4)C(C)C1. The number of benzene rings is 1. The van der Waals surface area contributed by atoms with Crippen LogP contribution in [-0.2, 0) is 17.6 Å². The molecule has 2 unspecified atom stereocenters. The number of pyridine rings is 1. The highest BCUT2D eigenvalue weighted by molar-refractivity contribution is 6.36. The minimum absolute atomic E-state index is 0.0412. The molecule has 1 aromatic heterocycles. The number of amides is 2. The summed E-state index contributed by atoms with van der Waals surface area (Å²) >= 11 is 6.83. The molecular weight excluding hydrogens is 464 g/mol. The number of halogens is 1. The third kappa shape index (κ3) is 5.72. The van der Waals surface area contributed by atoms with E-state index < -0.39 is 0 Å². The summed E-state index contributed by atoms with van der Waals surface area (Å²) in [6.45, 7) is 6.84. The fourth-order valence-electron chi connectivity index (χ4n) is 5.15. The first-order valence-electron chi connectivity index (χ1n) is 12.8. The van der Waals surface area contributed by atoms with E-state index in [-0.39, 0.29) is 18.0 Å². The van der Waals surface area contributed by atoms with Crippen molar-refractivity contribution in [2.24, 2.45) is 5.92 Å². The number of carbonyl (C=O) groups is 2. The van der Waals surface area contributed by atoms with Crippen molar-refractivity contribution >= 4 is 34.5 Å². The van der Waals surface area contributed by atoms with Gasteiger partial charge in [-0.3, -0.25) is 9.78 Å². The first-order chi connectivity index (χ1) is 16.8. The van der Waals surface area contributed by atoms with E-state index in [1.807, 2.05) is 36.9 Å². The first-order valence-corrected chi connectivity index (χ1v) is 13.1. The lowest BCUT2D eigenvalue weighted by atomic mass is 9.84. The van der Waals surface area contributed by atoms with Crippen LogP contribution < -0.4 is 0 Å². The Balaban J connectivity index is 1.50. The predicted molar refractivity (Wildman–Crippen MR) is 139 cm³/mol. The molecule has 4 rings (SSSR count). The molecule has 1 aliphatic heterocycles. The third-order valence-corrected chi connectivity index (χ3v) is 7.63. The Bertz CT molecular complexity index is 1090. The summed E-state index contributed by atoms with van der Waals surface area (Å²) in [7, 11) is 4.22. The van der Waals surface area contributed by atoms with E-state index >= 15 is 0 Å². The maximum Gasteiger partial charge on any atom is 0.409 e. The lowest BCUT2D eigenvalue weighted by Gasteiger charge is -2.39. The number of nitrogens with zero attached hydrogens (tertiary/aromatic N) is 4. The third-order valence-electron chi connectivity index (χ3n) is 7.20. The highest BCUT2D eigenvalue weighted by Crippen LogP contribution is 2.36. The molecule has 2 amide bonds. The summed E-state index contributed by atoms with van der Waals surface area (Å²) in [4.78, 5) is 36.4. The first kappa shape index (κ1) is 25.7. The van der Waals surface area contributed by atoms with Crippen molar-refractivity contribution in [1.82, 2.24) is 19.7 Å². The van der Waals surface area contributed by atoms with Crippen molar-refractivity contribution in [3.8, 4) is 0 Å². The molecule has 0 saturated carbocycles. The van der Waals surface area contributed by atoms with Gasteiger partial charge in [-0.05, 0) is 83.3 Å². The maximum atomic E-state index is 13.4. The van der Waals surface area contributed by atoms with Crippen molar-refractivity contribution in [1.29, 1.82) is 0 Å². The van der Waals surface area contributed by atoms with Gasteiger partial charge < -0.3 is 19.4 Å². The van der Waals surface area contributed by atoms with Crippen LogP contribution in [-0.4, -0.2) is 84.6 Å². The fraction of sp³-hybridized carbons (Fsp3) is 0.593. The molecule has 0 radical (unpaired) electrons. The van der Waals surface area contributed by atoms with E-state index in [4.69, 9.17) is 21.3 Å². The molecule has 1 fully saturated rings. The van der Waals surface area contributed by atoms with Crippen molar-refractivity contribution < 1.29 is 14.3 Å². The Morgan fingerprint density at radius 3 is 2.77 bits per heavy atom. The van der Waals surface area contributed by atoms with Gasteiger partial charge in [0, 0.05) is 42.3 Å². The number of hydrogen-bond acceptors (Lipinski definition) is 5. The van der Waals surface area contributed by atoms with Gasteiger partial charge in [0.1, 0.15) is 0 Å². The molecule has 2 aromatic rings. The fourth-order valence-corrected chi connectivity index (χ4v) is 5.51. The second-order valence-electron chi connectivity index (χ2n) is 10.2. The number of rotatable bonds is 6. The Hall–Kier alpha value is -2.38. The summed E-state index contributed by atoms with van der Waals surface area (Å²) in [6, 6.07) is 5.56. The average molecular weight is 501 g/mol. The predicted octanol–water partition coefficient (Wildman–Crippen LogP) is 4.64. The van der Waals surface area contributed by atoms with Gasteiger partial charge in [-0.25, -0.2) is 4.79 Å². The molecule has 190 valence electrons. The van der Waals surface area contributed by atoms with Gasteiger partial charge >= 0.3 is 6.09 Å². The Morgan fingerprint density at radius 1 is 1.26 bits per heavy atom. The number of piperazine rings is 1. The lowest BCUT2D eigenvalue weighted by Crippen LogP contribution is -2.55. The van der Waals surface area contributed by atoms with Crippen molar-refractivity contribution in [2.45, 2.75) is 52.0 Å². The molecule has 0 spiro atoms. The topological polar surface area (TPSA) is 66.0 Å². The number of fused-ring (bicyclic) bond motifs is 2. The van der Waals surface area contributed by atoms with Gasteiger partial charge in [0.05, 0.1) is 17.1 Å². The Kier molecular flexibility index (Phi) is 8.17. The van der Waals surface area contributed by atoms with Crippen LogP contribution >= 0.6 is 11.6 Å². The van der Waals surface area contributed by atoms with Gasteiger partial charge in [0.25, 0.3) is 5.91 Å². The van der Waals surface area contributed by atoms with Crippen LogP contribution in [0.25, 0.3) is 10.9 Å². The molecule has 1 aliphatic carbocycles. The van der Waals surface area contributed by atoms with Gasteiger partial charge in [-0.2, -0.15) is 0 Å². The van der Waals surface area contributed by atoms with Crippen molar-refractivity contribution in [3.05, 3.63) is 40.0 Å². The minimum atomic E-state index is -0.302. The van der Waals surface area contributed by atoms with E-state index in [0.29, 0.717) is 37.7 Å². The van der Waals surface area contributed by atoms with Crippen LogP contribution in [0.4, 0.5) is 4.79 Å². The van der Waals surface area contributed by atoms with Gasteiger partial charge in [0.15, 0.2) is 0 Å². The Morgan fingerprint density at radius 2 is 2.06 bits per heavy atom. The molecular formula is C27H37ClN4O3. The molecule has 1 aromatic carbocycles. The second kappa shape index (κ2) is 11.1. The molecule has 0 N–H and O–H groups in total. The summed E-state index contributed by atoms with van der Waals surface area (Å²) < 4.78 is 5.26. The molecule has 1 saturated heterocycles. The summed E-state index contributed by atoms with van der Waals surface area (Å²) in [5.74, 6) is 0.567. The van der Waals surface area contributed by atoms with Crippen LogP contribution in [0.3, 0.4) is 0 Å². The quantitative estimate of drug-likeness (QED) is 0.578.